The number of carbonyl (C=O) groups is 2. The number of pyridine rings is 1. The summed E-state index contributed by atoms with van der Waals surface area (Å²) in [6.45, 7) is 1.99. The molecule has 2 saturated heterocycles. The van der Waals surface area contributed by atoms with Gasteiger partial charge in [-0.2, -0.15) is 0 Å². The second-order valence-electron chi connectivity index (χ2n) is 6.92. The van der Waals surface area contributed by atoms with Crippen molar-refractivity contribution in [1.82, 2.24) is 4.98 Å². The van der Waals surface area contributed by atoms with Crippen molar-refractivity contribution in [1.29, 1.82) is 0 Å². The number of aryl methyl sites for hydroxylation is 1. The van der Waals surface area contributed by atoms with Gasteiger partial charge in [-0.3, -0.25) is 14.6 Å². The Kier molecular flexibility index (Phi) is 3.06. The van der Waals surface area contributed by atoms with E-state index in [4.69, 9.17) is 4.74 Å². The van der Waals surface area contributed by atoms with Gasteiger partial charge in [-0.1, -0.05) is 6.07 Å². The molecule has 24 heavy (non-hydrogen) atoms. The summed E-state index contributed by atoms with van der Waals surface area (Å²) in [5.74, 6) is -0.866. The minimum Gasteiger partial charge on any atom is -0.373 e. The molecule has 1 unspecified atom stereocenters. The monoisotopic (exact) mass is 339 g/mol. The van der Waals surface area contributed by atoms with Crippen LogP contribution in [-0.2, 0) is 14.3 Å². The molecular weight excluding hydrogens is 322 g/mol. The van der Waals surface area contributed by atoms with Gasteiger partial charge in [-0.25, -0.2) is 0 Å². The zero-order chi connectivity index (χ0) is 16.4. The molecule has 0 aromatic carbocycles. The van der Waals surface area contributed by atoms with Crippen molar-refractivity contribution in [3.8, 4) is 10.6 Å². The summed E-state index contributed by atoms with van der Waals surface area (Å²) in [7, 11) is 0. The SMILES string of the molecule is Cc1sc(-c2ccccn2)cc1C1C(=O)[C@@H]2[C@H](C1=O)[C@H]1CC[C@@H]2O1. The van der Waals surface area contributed by atoms with Crippen LogP contribution in [0.4, 0.5) is 0 Å². The summed E-state index contributed by atoms with van der Waals surface area (Å²) in [4.78, 5) is 32.4. The summed E-state index contributed by atoms with van der Waals surface area (Å²) in [5, 5.41) is 0. The van der Waals surface area contributed by atoms with Crippen LogP contribution >= 0.6 is 11.3 Å². The lowest BCUT2D eigenvalue weighted by atomic mass is 9.81. The molecule has 1 saturated carbocycles. The Balaban J connectivity index is 1.54. The van der Waals surface area contributed by atoms with Crippen LogP contribution in [0, 0.1) is 18.8 Å². The maximum absolute atomic E-state index is 13.0. The first-order valence-electron chi connectivity index (χ1n) is 8.40. The Bertz CT molecular complexity index is 816. The lowest BCUT2D eigenvalue weighted by Crippen LogP contribution is -2.29. The van der Waals surface area contributed by atoms with E-state index in [2.05, 4.69) is 4.98 Å². The molecule has 3 fully saturated rings. The number of Topliss-reactive ketones (excluding diaryl/α,β-unsaturated/α-hetero) is 2. The molecule has 5 rings (SSSR count). The van der Waals surface area contributed by atoms with Gasteiger partial charge >= 0.3 is 0 Å². The Morgan fingerprint density at radius 1 is 1.12 bits per heavy atom. The van der Waals surface area contributed by atoms with Crippen LogP contribution in [0.2, 0.25) is 0 Å². The summed E-state index contributed by atoms with van der Waals surface area (Å²) in [5.41, 5.74) is 1.77. The Morgan fingerprint density at radius 2 is 1.83 bits per heavy atom. The molecule has 5 heteroatoms. The highest BCUT2D eigenvalue weighted by Crippen LogP contribution is 2.53. The van der Waals surface area contributed by atoms with Gasteiger partial charge in [-0.05, 0) is 43.5 Å². The molecular formula is C19H17NO3S. The molecule has 0 spiro atoms. The fourth-order valence-electron chi connectivity index (χ4n) is 4.65. The lowest BCUT2D eigenvalue weighted by Gasteiger charge is -2.16. The predicted molar refractivity (Wildman–Crippen MR) is 89.9 cm³/mol. The van der Waals surface area contributed by atoms with Crippen molar-refractivity contribution >= 4 is 22.9 Å². The molecule has 2 aliphatic heterocycles. The second-order valence-corrected chi connectivity index (χ2v) is 8.17. The molecule has 2 aromatic heterocycles. The first-order chi connectivity index (χ1) is 11.6. The number of thiophene rings is 1. The third-order valence-corrected chi connectivity index (χ3v) is 6.77. The normalized spacial score (nSPS) is 34.1. The van der Waals surface area contributed by atoms with E-state index in [1.165, 1.54) is 0 Å². The van der Waals surface area contributed by atoms with Crippen LogP contribution in [0.3, 0.4) is 0 Å². The number of hydrogen-bond donors (Lipinski definition) is 0. The van der Waals surface area contributed by atoms with E-state index >= 15 is 0 Å². The maximum atomic E-state index is 13.0. The van der Waals surface area contributed by atoms with Gasteiger partial charge in [0.1, 0.15) is 5.92 Å². The summed E-state index contributed by atoms with van der Waals surface area (Å²) < 4.78 is 5.82. The molecule has 122 valence electrons. The van der Waals surface area contributed by atoms with Crippen molar-refractivity contribution in [2.24, 2.45) is 11.8 Å². The largest absolute Gasteiger partial charge is 0.373 e. The van der Waals surface area contributed by atoms with Crippen LogP contribution in [0.15, 0.2) is 30.5 Å². The van der Waals surface area contributed by atoms with Gasteiger partial charge in [0.25, 0.3) is 0 Å². The number of hydrogen-bond acceptors (Lipinski definition) is 5. The molecule has 1 aliphatic carbocycles. The quantitative estimate of drug-likeness (QED) is 0.789. The number of carbonyl (C=O) groups excluding carboxylic acids is 2. The number of ether oxygens (including phenoxy) is 1. The second kappa shape index (κ2) is 5.07. The van der Waals surface area contributed by atoms with Gasteiger partial charge in [0.15, 0.2) is 11.6 Å². The summed E-state index contributed by atoms with van der Waals surface area (Å²) >= 11 is 1.61. The fraction of sp³-hybridized carbons (Fsp3) is 0.421. The smallest absolute Gasteiger partial charge is 0.154 e. The van der Waals surface area contributed by atoms with Gasteiger partial charge in [0, 0.05) is 11.1 Å². The number of fused-ring (bicyclic) bond motifs is 5. The Morgan fingerprint density at radius 3 is 2.46 bits per heavy atom. The number of nitrogens with zero attached hydrogens (tertiary/aromatic N) is 1. The highest BCUT2D eigenvalue weighted by molar-refractivity contribution is 7.15. The highest BCUT2D eigenvalue weighted by Gasteiger charge is 2.63. The molecule has 0 N–H and O–H groups in total. The van der Waals surface area contributed by atoms with E-state index < -0.39 is 5.92 Å². The molecule has 0 radical (unpaired) electrons. The molecule has 0 amide bonds. The van der Waals surface area contributed by atoms with E-state index in [0.717, 1.165) is 33.9 Å². The minimum absolute atomic E-state index is 0.0318. The first kappa shape index (κ1) is 14.5. The zero-order valence-corrected chi connectivity index (χ0v) is 14.1. The molecule has 5 atom stereocenters. The molecule has 2 bridgehead atoms. The van der Waals surface area contributed by atoms with Crippen LogP contribution in [0.5, 0.6) is 0 Å². The average Bonchev–Trinajstić information content (AvgIpc) is 3.33. The van der Waals surface area contributed by atoms with Gasteiger partial charge in [-0.15, -0.1) is 11.3 Å². The van der Waals surface area contributed by atoms with Crippen molar-refractivity contribution < 1.29 is 14.3 Å². The minimum atomic E-state index is -0.597. The topological polar surface area (TPSA) is 56.3 Å². The predicted octanol–water partition coefficient (Wildman–Crippen LogP) is 3.15. The van der Waals surface area contributed by atoms with Gasteiger partial charge < -0.3 is 4.74 Å². The Labute approximate surface area is 143 Å². The Hall–Kier alpha value is -1.85. The van der Waals surface area contributed by atoms with E-state index in [1.54, 1.807) is 17.5 Å². The van der Waals surface area contributed by atoms with E-state index in [-0.39, 0.29) is 35.6 Å². The number of aromatic nitrogens is 1. The molecule has 2 aromatic rings. The fourth-order valence-corrected chi connectivity index (χ4v) is 5.69. The summed E-state index contributed by atoms with van der Waals surface area (Å²) in [6.07, 6.45) is 3.53. The third kappa shape index (κ3) is 1.85. The maximum Gasteiger partial charge on any atom is 0.154 e. The average molecular weight is 339 g/mol. The first-order valence-corrected chi connectivity index (χ1v) is 9.21. The van der Waals surface area contributed by atoms with Crippen molar-refractivity contribution in [3.63, 3.8) is 0 Å². The number of rotatable bonds is 2. The van der Waals surface area contributed by atoms with Gasteiger partial charge in [0.05, 0.1) is 34.6 Å². The van der Waals surface area contributed by atoms with Crippen molar-refractivity contribution in [3.05, 3.63) is 40.9 Å². The van der Waals surface area contributed by atoms with E-state index in [1.807, 2.05) is 31.2 Å². The number of ketones is 2. The lowest BCUT2D eigenvalue weighted by molar-refractivity contribution is -0.127. The highest BCUT2D eigenvalue weighted by atomic mass is 32.1. The zero-order valence-electron chi connectivity index (χ0n) is 13.3. The van der Waals surface area contributed by atoms with Crippen molar-refractivity contribution in [2.75, 3.05) is 0 Å². The van der Waals surface area contributed by atoms with Crippen LogP contribution in [0.25, 0.3) is 10.6 Å². The standard InChI is InChI=1S/C19H17NO3S/c1-9-10(8-14(24-9)11-4-2-3-7-20-11)15-18(21)16-12-5-6-13(23-12)17(16)19(15)22/h2-4,7-8,12-13,15-17H,5-6H2,1H3/t12-,13+,15?,16-,17+. The molecule has 4 nitrogen and oxygen atoms in total. The summed E-state index contributed by atoms with van der Waals surface area (Å²) in [6, 6.07) is 7.77. The van der Waals surface area contributed by atoms with Crippen LogP contribution in [-0.4, -0.2) is 28.8 Å². The van der Waals surface area contributed by atoms with Crippen molar-refractivity contribution in [2.45, 2.75) is 37.9 Å². The third-order valence-electron chi connectivity index (χ3n) is 5.68. The van der Waals surface area contributed by atoms with E-state index in [0.29, 0.717) is 0 Å². The van der Waals surface area contributed by atoms with E-state index in [9.17, 15) is 9.59 Å². The van der Waals surface area contributed by atoms with Crippen LogP contribution < -0.4 is 0 Å². The molecule has 4 heterocycles. The van der Waals surface area contributed by atoms with Gasteiger partial charge in [0.2, 0.25) is 0 Å². The molecule has 3 aliphatic rings. The van der Waals surface area contributed by atoms with Crippen LogP contribution in [0.1, 0.15) is 29.2 Å².